The number of carbonyl (C=O) groups is 3. The number of amides is 2. The quantitative estimate of drug-likeness (QED) is 0.723. The lowest BCUT2D eigenvalue weighted by atomic mass is 10.1. The van der Waals surface area contributed by atoms with Gasteiger partial charge in [-0.2, -0.15) is 0 Å². The first-order valence-electron chi connectivity index (χ1n) is 8.12. The van der Waals surface area contributed by atoms with E-state index in [2.05, 4.69) is 15.6 Å². The van der Waals surface area contributed by atoms with Crippen molar-refractivity contribution in [2.24, 2.45) is 0 Å². The number of nitrogens with zero attached hydrogens (tertiary/aromatic N) is 1. The first-order valence-corrected chi connectivity index (χ1v) is 8.12. The Labute approximate surface area is 146 Å². The Balaban J connectivity index is 1.64. The number of ketones is 1. The molecule has 0 fully saturated rings. The van der Waals surface area contributed by atoms with Gasteiger partial charge in [0.25, 0.3) is 0 Å². The van der Waals surface area contributed by atoms with Crippen LogP contribution in [-0.2, 0) is 9.59 Å². The summed E-state index contributed by atoms with van der Waals surface area (Å²) in [4.78, 5) is 39.5. The molecule has 0 aliphatic rings. The molecule has 6 nitrogen and oxygen atoms in total. The van der Waals surface area contributed by atoms with Crippen molar-refractivity contribution >= 4 is 23.4 Å². The predicted molar refractivity (Wildman–Crippen MR) is 95.2 cm³/mol. The normalized spacial score (nSPS) is 10.1. The topological polar surface area (TPSA) is 88.2 Å². The van der Waals surface area contributed by atoms with Gasteiger partial charge in [-0.3, -0.25) is 14.4 Å². The minimum absolute atomic E-state index is 0.0704. The highest BCUT2D eigenvalue weighted by atomic mass is 16.2. The monoisotopic (exact) mass is 339 g/mol. The van der Waals surface area contributed by atoms with Crippen LogP contribution in [0.25, 0.3) is 0 Å². The number of nitrogens with one attached hydrogen (secondary N) is 2. The fourth-order valence-corrected chi connectivity index (χ4v) is 2.15. The van der Waals surface area contributed by atoms with Gasteiger partial charge >= 0.3 is 0 Å². The van der Waals surface area contributed by atoms with E-state index in [4.69, 9.17) is 0 Å². The van der Waals surface area contributed by atoms with Gasteiger partial charge in [-0.1, -0.05) is 36.4 Å². The van der Waals surface area contributed by atoms with Gasteiger partial charge in [0.1, 0.15) is 5.82 Å². The first kappa shape index (κ1) is 18.3. The van der Waals surface area contributed by atoms with Gasteiger partial charge in [-0.15, -0.1) is 0 Å². The lowest BCUT2D eigenvalue weighted by Crippen LogP contribution is -2.28. The number of pyridine rings is 1. The van der Waals surface area contributed by atoms with Crippen LogP contribution in [-0.4, -0.2) is 29.1 Å². The minimum atomic E-state index is -0.245. The largest absolute Gasteiger partial charge is 0.356 e. The number of carbonyl (C=O) groups excluding carboxylic acids is 3. The second-order valence-electron chi connectivity index (χ2n) is 5.66. The second-order valence-corrected chi connectivity index (χ2v) is 5.66. The Morgan fingerprint density at radius 2 is 1.68 bits per heavy atom. The molecule has 2 amide bonds. The third kappa shape index (κ3) is 6.55. The second kappa shape index (κ2) is 9.32. The van der Waals surface area contributed by atoms with Crippen LogP contribution in [0, 0.1) is 6.92 Å². The third-order valence-corrected chi connectivity index (χ3v) is 3.53. The summed E-state index contributed by atoms with van der Waals surface area (Å²) in [6.07, 6.45) is 2.07. The number of hydrogen-bond donors (Lipinski definition) is 2. The standard InChI is InChI=1S/C19H21N3O3/c1-14-7-9-17(21-13-14)22-19(25)11-12-20-18(24)10-8-16(23)15-5-3-2-4-6-15/h2-7,9,13H,8,10-12H2,1H3,(H,20,24)(H,21,22,25). The van der Waals surface area contributed by atoms with E-state index in [0.29, 0.717) is 11.4 Å². The van der Waals surface area contributed by atoms with Crippen molar-refractivity contribution in [2.45, 2.75) is 26.2 Å². The van der Waals surface area contributed by atoms with Gasteiger partial charge in [0, 0.05) is 37.6 Å². The molecule has 0 unspecified atom stereocenters. The van der Waals surface area contributed by atoms with Crippen molar-refractivity contribution < 1.29 is 14.4 Å². The molecule has 0 spiro atoms. The lowest BCUT2D eigenvalue weighted by Gasteiger charge is -2.06. The van der Waals surface area contributed by atoms with Crippen LogP contribution >= 0.6 is 0 Å². The van der Waals surface area contributed by atoms with Crippen molar-refractivity contribution in [3.05, 3.63) is 59.8 Å². The summed E-state index contributed by atoms with van der Waals surface area (Å²) in [7, 11) is 0. The highest BCUT2D eigenvalue weighted by Crippen LogP contribution is 2.05. The van der Waals surface area contributed by atoms with Gasteiger partial charge in [-0.25, -0.2) is 4.98 Å². The highest BCUT2D eigenvalue weighted by molar-refractivity contribution is 5.98. The van der Waals surface area contributed by atoms with E-state index in [-0.39, 0.29) is 43.4 Å². The van der Waals surface area contributed by atoms with Crippen LogP contribution in [0.4, 0.5) is 5.82 Å². The molecule has 0 aliphatic heterocycles. The maximum atomic E-state index is 11.9. The zero-order valence-corrected chi connectivity index (χ0v) is 14.1. The molecule has 0 aliphatic carbocycles. The third-order valence-electron chi connectivity index (χ3n) is 3.53. The molecule has 130 valence electrons. The maximum absolute atomic E-state index is 11.9. The smallest absolute Gasteiger partial charge is 0.227 e. The van der Waals surface area contributed by atoms with Gasteiger partial charge in [0.05, 0.1) is 0 Å². The van der Waals surface area contributed by atoms with Crippen LogP contribution in [0.1, 0.15) is 35.2 Å². The molecule has 0 atom stereocenters. The molecule has 1 aromatic carbocycles. The fraction of sp³-hybridized carbons (Fsp3) is 0.263. The summed E-state index contributed by atoms with van der Waals surface area (Å²) in [5.41, 5.74) is 1.61. The van der Waals surface area contributed by atoms with Crippen molar-refractivity contribution in [1.82, 2.24) is 10.3 Å². The Hall–Kier alpha value is -3.02. The Bertz CT molecular complexity index is 727. The molecule has 2 rings (SSSR count). The van der Waals surface area contributed by atoms with Crippen molar-refractivity contribution in [3.63, 3.8) is 0 Å². The van der Waals surface area contributed by atoms with Crippen molar-refractivity contribution in [1.29, 1.82) is 0 Å². The minimum Gasteiger partial charge on any atom is -0.356 e. The molecular weight excluding hydrogens is 318 g/mol. The number of Topliss-reactive ketones (excluding diaryl/α,β-unsaturated/α-hetero) is 1. The zero-order valence-electron chi connectivity index (χ0n) is 14.1. The van der Waals surface area contributed by atoms with E-state index in [0.717, 1.165) is 5.56 Å². The molecule has 2 aromatic rings. The lowest BCUT2D eigenvalue weighted by molar-refractivity contribution is -0.121. The first-order chi connectivity index (χ1) is 12.0. The van der Waals surface area contributed by atoms with E-state index in [1.54, 1.807) is 36.5 Å². The van der Waals surface area contributed by atoms with E-state index < -0.39 is 0 Å². The van der Waals surface area contributed by atoms with Crippen LogP contribution in [0.3, 0.4) is 0 Å². The molecular formula is C19H21N3O3. The average molecular weight is 339 g/mol. The molecule has 0 radical (unpaired) electrons. The molecule has 0 bridgehead atoms. The summed E-state index contributed by atoms with van der Waals surface area (Å²) in [6.45, 7) is 2.13. The van der Waals surface area contributed by atoms with Crippen molar-refractivity contribution in [2.75, 3.05) is 11.9 Å². The van der Waals surface area contributed by atoms with Gasteiger partial charge in [0.2, 0.25) is 11.8 Å². The molecule has 6 heteroatoms. The van der Waals surface area contributed by atoms with Crippen LogP contribution in [0.2, 0.25) is 0 Å². The Kier molecular flexibility index (Phi) is 6.83. The van der Waals surface area contributed by atoms with Gasteiger partial charge in [-0.05, 0) is 18.6 Å². The van der Waals surface area contributed by atoms with E-state index >= 15 is 0 Å². The average Bonchev–Trinajstić information content (AvgIpc) is 2.62. The van der Waals surface area contributed by atoms with Crippen LogP contribution in [0.15, 0.2) is 48.7 Å². The summed E-state index contributed by atoms with van der Waals surface area (Å²) in [5.74, 6) is -0.0584. The number of rotatable bonds is 8. The molecule has 0 saturated heterocycles. The SMILES string of the molecule is Cc1ccc(NC(=O)CCNC(=O)CCC(=O)c2ccccc2)nc1. The van der Waals surface area contributed by atoms with Gasteiger partial charge in [0.15, 0.2) is 5.78 Å². The number of aromatic nitrogens is 1. The van der Waals surface area contributed by atoms with E-state index in [1.807, 2.05) is 19.1 Å². The molecule has 25 heavy (non-hydrogen) atoms. The van der Waals surface area contributed by atoms with Crippen molar-refractivity contribution in [3.8, 4) is 0 Å². The van der Waals surface area contributed by atoms with Crippen LogP contribution < -0.4 is 10.6 Å². The number of aryl methyl sites for hydroxylation is 1. The molecule has 1 heterocycles. The Morgan fingerprint density at radius 1 is 0.920 bits per heavy atom. The summed E-state index contributed by atoms with van der Waals surface area (Å²) >= 11 is 0. The maximum Gasteiger partial charge on any atom is 0.227 e. The molecule has 2 N–H and O–H groups in total. The summed E-state index contributed by atoms with van der Waals surface area (Å²) in [6, 6.07) is 12.4. The fourth-order valence-electron chi connectivity index (χ4n) is 2.15. The zero-order chi connectivity index (χ0) is 18.1. The summed E-state index contributed by atoms with van der Waals surface area (Å²) < 4.78 is 0. The molecule has 0 saturated carbocycles. The summed E-state index contributed by atoms with van der Waals surface area (Å²) in [5, 5.41) is 5.30. The number of benzene rings is 1. The van der Waals surface area contributed by atoms with E-state index in [9.17, 15) is 14.4 Å². The molecule has 1 aromatic heterocycles. The number of anilines is 1. The Morgan fingerprint density at radius 3 is 2.36 bits per heavy atom. The number of hydrogen-bond acceptors (Lipinski definition) is 4. The van der Waals surface area contributed by atoms with E-state index in [1.165, 1.54) is 0 Å². The predicted octanol–water partition coefficient (Wildman–Crippen LogP) is 2.50. The van der Waals surface area contributed by atoms with Gasteiger partial charge < -0.3 is 10.6 Å². The highest BCUT2D eigenvalue weighted by Gasteiger charge is 2.09. The van der Waals surface area contributed by atoms with Crippen LogP contribution in [0.5, 0.6) is 0 Å².